The van der Waals surface area contributed by atoms with Gasteiger partial charge >= 0.3 is 0 Å². The van der Waals surface area contributed by atoms with Crippen molar-refractivity contribution in [3.63, 3.8) is 0 Å². The van der Waals surface area contributed by atoms with Crippen LogP contribution in [0.3, 0.4) is 0 Å². The van der Waals surface area contributed by atoms with E-state index in [1.54, 1.807) is 0 Å². The third-order valence-electron chi connectivity index (χ3n) is 4.16. The average molecular weight is 245 g/mol. The van der Waals surface area contributed by atoms with Crippen LogP contribution >= 0.6 is 0 Å². The Hall–Kier alpha value is -1.16. The lowest BCUT2D eigenvalue weighted by Crippen LogP contribution is -2.30. The molecule has 1 nitrogen and oxygen atoms in total. The maximum atomic E-state index is 3.58. The summed E-state index contributed by atoms with van der Waals surface area (Å²) < 4.78 is 0. The fourth-order valence-electron chi connectivity index (χ4n) is 2.58. The molecule has 0 spiro atoms. The van der Waals surface area contributed by atoms with Gasteiger partial charge in [0.05, 0.1) is 0 Å². The van der Waals surface area contributed by atoms with E-state index < -0.39 is 0 Å². The smallest absolute Gasteiger partial charge is 0.0440 e. The highest BCUT2D eigenvalue weighted by atomic mass is 15.0. The van der Waals surface area contributed by atoms with Crippen molar-refractivity contribution in [2.24, 2.45) is 11.3 Å². The standard InChI is InChI=1S/C17H27N/c1-7-9-10-15(8-2)16(5)13-17(16,6)18-12-11-14(3)4/h10-12,14,18H,8,13H2,1-6H3/b12-11-,15-10+. The minimum absolute atomic E-state index is 0.190. The minimum Gasteiger partial charge on any atom is -0.385 e. The molecule has 0 aromatic carbocycles. The Kier molecular flexibility index (Phi) is 4.68. The predicted octanol–water partition coefficient (Wildman–Crippen LogP) is 4.27. The van der Waals surface area contributed by atoms with E-state index in [9.17, 15) is 0 Å². The molecule has 1 aliphatic carbocycles. The van der Waals surface area contributed by atoms with Gasteiger partial charge < -0.3 is 5.32 Å². The van der Waals surface area contributed by atoms with Crippen molar-refractivity contribution in [3.05, 3.63) is 23.9 Å². The van der Waals surface area contributed by atoms with Gasteiger partial charge in [-0.05, 0) is 44.9 Å². The number of nitrogens with one attached hydrogen (secondary N) is 1. The molecular weight excluding hydrogens is 218 g/mol. The number of hydrogen-bond acceptors (Lipinski definition) is 1. The molecule has 0 amide bonds. The molecule has 0 radical (unpaired) electrons. The Morgan fingerprint density at radius 2 is 2.06 bits per heavy atom. The van der Waals surface area contributed by atoms with Gasteiger partial charge in [-0.2, -0.15) is 0 Å². The molecule has 0 aliphatic heterocycles. The quantitative estimate of drug-likeness (QED) is 0.713. The van der Waals surface area contributed by atoms with E-state index in [1.165, 1.54) is 12.0 Å². The molecule has 1 saturated carbocycles. The van der Waals surface area contributed by atoms with Gasteiger partial charge in [-0.1, -0.05) is 45.3 Å². The van der Waals surface area contributed by atoms with Crippen molar-refractivity contribution in [1.29, 1.82) is 0 Å². The van der Waals surface area contributed by atoms with Crippen molar-refractivity contribution < 1.29 is 0 Å². The maximum absolute atomic E-state index is 3.58. The third kappa shape index (κ3) is 2.99. The summed E-state index contributed by atoms with van der Waals surface area (Å²) in [5.41, 5.74) is 1.91. The fraction of sp³-hybridized carbons (Fsp3) is 0.647. The average Bonchev–Trinajstić information content (AvgIpc) is 2.82. The number of hydrogen-bond donors (Lipinski definition) is 1. The Morgan fingerprint density at radius 1 is 1.39 bits per heavy atom. The first-order valence-corrected chi connectivity index (χ1v) is 6.96. The van der Waals surface area contributed by atoms with E-state index in [4.69, 9.17) is 0 Å². The topological polar surface area (TPSA) is 12.0 Å². The van der Waals surface area contributed by atoms with Gasteiger partial charge in [0.2, 0.25) is 0 Å². The maximum Gasteiger partial charge on any atom is 0.0440 e. The second-order valence-corrected chi connectivity index (χ2v) is 6.01. The summed E-state index contributed by atoms with van der Waals surface area (Å²) in [6.45, 7) is 13.1. The summed E-state index contributed by atoms with van der Waals surface area (Å²) in [6, 6.07) is 0. The van der Waals surface area contributed by atoms with Gasteiger partial charge in [-0.3, -0.25) is 0 Å². The molecule has 1 heteroatoms. The molecule has 0 bridgehead atoms. The lowest BCUT2D eigenvalue weighted by atomic mass is 9.90. The van der Waals surface area contributed by atoms with Crippen LogP contribution in [0.1, 0.15) is 54.4 Å². The highest BCUT2D eigenvalue weighted by Gasteiger charge is 2.62. The first-order chi connectivity index (χ1) is 8.39. The van der Waals surface area contributed by atoms with Crippen molar-refractivity contribution in [1.82, 2.24) is 5.32 Å². The summed E-state index contributed by atoms with van der Waals surface area (Å²) in [4.78, 5) is 0. The van der Waals surface area contributed by atoms with E-state index >= 15 is 0 Å². The van der Waals surface area contributed by atoms with E-state index in [-0.39, 0.29) is 11.0 Å². The lowest BCUT2D eigenvalue weighted by molar-refractivity contribution is 0.484. The Bertz CT molecular complexity index is 405. The van der Waals surface area contributed by atoms with Crippen LogP contribution in [-0.2, 0) is 0 Å². The van der Waals surface area contributed by atoms with Gasteiger partial charge in [-0.15, -0.1) is 5.92 Å². The molecule has 1 rings (SSSR count). The zero-order valence-electron chi connectivity index (χ0n) is 12.7. The van der Waals surface area contributed by atoms with Crippen LogP contribution in [0, 0.1) is 23.2 Å². The van der Waals surface area contributed by atoms with Crippen molar-refractivity contribution >= 4 is 0 Å². The summed E-state index contributed by atoms with van der Waals surface area (Å²) in [7, 11) is 0. The normalized spacial score (nSPS) is 31.4. The van der Waals surface area contributed by atoms with Crippen LogP contribution < -0.4 is 5.32 Å². The first-order valence-electron chi connectivity index (χ1n) is 6.96. The van der Waals surface area contributed by atoms with Gasteiger partial charge in [0, 0.05) is 11.0 Å². The predicted molar refractivity (Wildman–Crippen MR) is 80.1 cm³/mol. The lowest BCUT2D eigenvalue weighted by Gasteiger charge is -2.21. The molecule has 18 heavy (non-hydrogen) atoms. The van der Waals surface area contributed by atoms with Crippen LogP contribution in [0.4, 0.5) is 0 Å². The zero-order valence-corrected chi connectivity index (χ0v) is 12.7. The van der Waals surface area contributed by atoms with Crippen LogP contribution in [0.25, 0.3) is 0 Å². The SMILES string of the molecule is CC#C/C=C(\CC)C1(C)CC1(C)N/C=C\C(C)C. The highest BCUT2D eigenvalue weighted by molar-refractivity contribution is 5.37. The second-order valence-electron chi connectivity index (χ2n) is 6.01. The van der Waals surface area contributed by atoms with Crippen molar-refractivity contribution in [2.45, 2.75) is 59.9 Å². The highest BCUT2D eigenvalue weighted by Crippen LogP contribution is 2.61. The molecule has 1 fully saturated rings. The molecule has 2 unspecified atom stereocenters. The number of allylic oxidation sites excluding steroid dienone is 2. The van der Waals surface area contributed by atoms with E-state index in [0.717, 1.165) is 6.42 Å². The van der Waals surface area contributed by atoms with Crippen LogP contribution in [0.15, 0.2) is 23.9 Å². The molecule has 0 aromatic rings. The molecule has 0 aromatic heterocycles. The van der Waals surface area contributed by atoms with Gasteiger partial charge in [-0.25, -0.2) is 0 Å². The Balaban J connectivity index is 2.75. The number of rotatable bonds is 5. The van der Waals surface area contributed by atoms with Crippen LogP contribution in [-0.4, -0.2) is 5.54 Å². The summed E-state index contributed by atoms with van der Waals surface area (Å²) >= 11 is 0. The van der Waals surface area contributed by atoms with E-state index in [0.29, 0.717) is 5.92 Å². The molecule has 1 N–H and O–H groups in total. The van der Waals surface area contributed by atoms with Crippen molar-refractivity contribution in [2.75, 3.05) is 0 Å². The summed E-state index contributed by atoms with van der Waals surface area (Å²) in [5.74, 6) is 6.65. The molecule has 0 saturated heterocycles. The van der Waals surface area contributed by atoms with E-state index in [1.807, 2.05) is 6.92 Å². The molecule has 1 aliphatic rings. The second kappa shape index (κ2) is 5.65. The molecule has 0 heterocycles. The largest absolute Gasteiger partial charge is 0.385 e. The third-order valence-corrected chi connectivity index (χ3v) is 4.16. The summed E-state index contributed by atoms with van der Waals surface area (Å²) in [6.07, 6.45) is 8.71. The van der Waals surface area contributed by atoms with Crippen LogP contribution in [0.2, 0.25) is 0 Å². The first kappa shape index (κ1) is 14.9. The van der Waals surface area contributed by atoms with E-state index in [2.05, 4.69) is 70.1 Å². The summed E-state index contributed by atoms with van der Waals surface area (Å²) in [5, 5.41) is 3.58. The minimum atomic E-state index is 0.190. The van der Waals surface area contributed by atoms with Gasteiger partial charge in [0.1, 0.15) is 0 Å². The van der Waals surface area contributed by atoms with Gasteiger partial charge in [0.15, 0.2) is 0 Å². The molecule has 2 atom stereocenters. The molecular formula is C17H27N. The molecule has 100 valence electrons. The monoisotopic (exact) mass is 245 g/mol. The Labute approximate surface area is 113 Å². The van der Waals surface area contributed by atoms with Gasteiger partial charge in [0.25, 0.3) is 0 Å². The zero-order chi connectivity index (χ0) is 13.8. The van der Waals surface area contributed by atoms with Crippen LogP contribution in [0.5, 0.6) is 0 Å². The van der Waals surface area contributed by atoms with Crippen molar-refractivity contribution in [3.8, 4) is 11.8 Å². The Morgan fingerprint density at radius 3 is 2.56 bits per heavy atom. The fourth-order valence-corrected chi connectivity index (χ4v) is 2.58.